The lowest BCUT2D eigenvalue weighted by Gasteiger charge is -2.35. The van der Waals surface area contributed by atoms with Crippen molar-refractivity contribution in [1.82, 2.24) is 4.98 Å². The van der Waals surface area contributed by atoms with Crippen LogP contribution < -0.4 is 4.90 Å². The zero-order valence-electron chi connectivity index (χ0n) is 11.7. The van der Waals surface area contributed by atoms with Gasteiger partial charge in [-0.2, -0.15) is 0 Å². The van der Waals surface area contributed by atoms with Crippen molar-refractivity contribution < 1.29 is 14.6 Å². The highest BCUT2D eigenvalue weighted by atomic mass is 32.1. The SMILES string of the molecule is CC1CN(c2nc(C(C)C)c(C(=O)O)s2)CC(C)O1. The largest absolute Gasteiger partial charge is 0.477 e. The lowest BCUT2D eigenvalue weighted by Crippen LogP contribution is -2.45. The summed E-state index contributed by atoms with van der Waals surface area (Å²) in [5, 5.41) is 10.1. The summed E-state index contributed by atoms with van der Waals surface area (Å²) >= 11 is 1.27. The molecule has 106 valence electrons. The van der Waals surface area contributed by atoms with E-state index in [-0.39, 0.29) is 18.1 Å². The van der Waals surface area contributed by atoms with E-state index >= 15 is 0 Å². The number of carboxylic acid groups (broad SMARTS) is 1. The first-order valence-corrected chi connectivity index (χ1v) is 7.34. The number of thiazole rings is 1. The molecule has 1 aromatic rings. The summed E-state index contributed by atoms with van der Waals surface area (Å²) in [7, 11) is 0. The van der Waals surface area contributed by atoms with Gasteiger partial charge in [-0.05, 0) is 19.8 Å². The fraction of sp³-hybridized carbons (Fsp3) is 0.692. The minimum Gasteiger partial charge on any atom is -0.477 e. The fourth-order valence-corrected chi connectivity index (χ4v) is 3.41. The lowest BCUT2D eigenvalue weighted by molar-refractivity contribution is -0.00523. The monoisotopic (exact) mass is 284 g/mol. The molecule has 1 N–H and O–H groups in total. The van der Waals surface area contributed by atoms with Crippen molar-refractivity contribution in [3.63, 3.8) is 0 Å². The highest BCUT2D eigenvalue weighted by Crippen LogP contribution is 2.32. The van der Waals surface area contributed by atoms with Gasteiger partial charge in [-0.15, -0.1) is 0 Å². The standard InChI is InChI=1S/C13H20N2O3S/c1-7(2)10-11(12(16)17)19-13(14-10)15-5-8(3)18-9(4)6-15/h7-9H,5-6H2,1-4H3,(H,16,17). The predicted octanol–water partition coefficient (Wildman–Crippen LogP) is 2.58. The number of carbonyl (C=O) groups is 1. The molecule has 1 fully saturated rings. The van der Waals surface area contributed by atoms with E-state index in [9.17, 15) is 9.90 Å². The summed E-state index contributed by atoms with van der Waals surface area (Å²) in [6, 6.07) is 0. The lowest BCUT2D eigenvalue weighted by atomic mass is 10.1. The van der Waals surface area contributed by atoms with Crippen molar-refractivity contribution in [2.75, 3.05) is 18.0 Å². The van der Waals surface area contributed by atoms with E-state index in [1.54, 1.807) is 0 Å². The Balaban J connectivity index is 2.30. The number of ether oxygens (including phenoxy) is 1. The van der Waals surface area contributed by atoms with Crippen LogP contribution in [0.25, 0.3) is 0 Å². The average molecular weight is 284 g/mol. The maximum Gasteiger partial charge on any atom is 0.347 e. The van der Waals surface area contributed by atoms with Crippen LogP contribution in [0.5, 0.6) is 0 Å². The molecule has 1 aliphatic rings. The van der Waals surface area contributed by atoms with Crippen molar-refractivity contribution in [3.8, 4) is 0 Å². The zero-order valence-corrected chi connectivity index (χ0v) is 12.5. The molecule has 0 radical (unpaired) electrons. The van der Waals surface area contributed by atoms with Crippen LogP contribution in [0, 0.1) is 0 Å². The van der Waals surface area contributed by atoms with Gasteiger partial charge in [-0.1, -0.05) is 25.2 Å². The molecule has 0 bridgehead atoms. The van der Waals surface area contributed by atoms with Gasteiger partial charge in [0.2, 0.25) is 0 Å². The van der Waals surface area contributed by atoms with Crippen molar-refractivity contribution >= 4 is 22.4 Å². The van der Waals surface area contributed by atoms with E-state index in [2.05, 4.69) is 9.88 Å². The van der Waals surface area contributed by atoms with E-state index < -0.39 is 5.97 Å². The molecule has 1 aliphatic heterocycles. The quantitative estimate of drug-likeness (QED) is 0.924. The van der Waals surface area contributed by atoms with E-state index in [0.717, 1.165) is 18.2 Å². The van der Waals surface area contributed by atoms with Crippen LogP contribution in [0.4, 0.5) is 5.13 Å². The van der Waals surface area contributed by atoms with Gasteiger partial charge < -0.3 is 14.7 Å². The molecule has 6 heteroatoms. The highest BCUT2D eigenvalue weighted by molar-refractivity contribution is 7.17. The molecule has 0 saturated carbocycles. The summed E-state index contributed by atoms with van der Waals surface area (Å²) in [6.07, 6.45) is 0.284. The molecule has 0 aliphatic carbocycles. The fourth-order valence-electron chi connectivity index (χ4n) is 2.33. The predicted molar refractivity (Wildman–Crippen MR) is 75.4 cm³/mol. The Labute approximate surface area is 117 Å². The van der Waals surface area contributed by atoms with Gasteiger partial charge in [0.1, 0.15) is 4.88 Å². The van der Waals surface area contributed by atoms with Crippen molar-refractivity contribution in [3.05, 3.63) is 10.6 Å². The molecule has 1 aromatic heterocycles. The molecule has 2 atom stereocenters. The van der Waals surface area contributed by atoms with Crippen molar-refractivity contribution in [1.29, 1.82) is 0 Å². The van der Waals surface area contributed by atoms with Crippen LogP contribution in [-0.2, 0) is 4.74 Å². The highest BCUT2D eigenvalue weighted by Gasteiger charge is 2.27. The summed E-state index contributed by atoms with van der Waals surface area (Å²) in [5.74, 6) is -0.770. The Bertz CT molecular complexity index is 462. The van der Waals surface area contributed by atoms with Gasteiger partial charge in [-0.25, -0.2) is 9.78 Å². The zero-order chi connectivity index (χ0) is 14.2. The summed E-state index contributed by atoms with van der Waals surface area (Å²) in [5.41, 5.74) is 0.680. The summed E-state index contributed by atoms with van der Waals surface area (Å²) in [4.78, 5) is 18.3. The summed E-state index contributed by atoms with van der Waals surface area (Å²) < 4.78 is 5.69. The number of hydrogen-bond acceptors (Lipinski definition) is 5. The molecule has 0 amide bonds. The minimum atomic E-state index is -0.887. The second-order valence-electron chi connectivity index (χ2n) is 5.33. The number of rotatable bonds is 3. The number of aromatic carboxylic acids is 1. The van der Waals surface area contributed by atoms with Crippen LogP contribution in [0.1, 0.15) is 49.0 Å². The van der Waals surface area contributed by atoms with E-state index in [1.807, 2.05) is 27.7 Å². The number of carboxylic acids is 1. The van der Waals surface area contributed by atoms with Crippen LogP contribution >= 0.6 is 11.3 Å². The molecule has 0 spiro atoms. The molecule has 19 heavy (non-hydrogen) atoms. The van der Waals surface area contributed by atoms with Gasteiger partial charge in [0.15, 0.2) is 5.13 Å². The molecule has 5 nitrogen and oxygen atoms in total. The molecular formula is C13H20N2O3S. The first kappa shape index (κ1) is 14.3. The number of morpholine rings is 1. The first-order chi connectivity index (χ1) is 8.88. The average Bonchev–Trinajstić information content (AvgIpc) is 2.72. The Morgan fingerprint density at radius 1 is 1.42 bits per heavy atom. The minimum absolute atomic E-state index is 0.118. The molecule has 1 saturated heterocycles. The second-order valence-corrected chi connectivity index (χ2v) is 6.31. The first-order valence-electron chi connectivity index (χ1n) is 6.53. The van der Waals surface area contributed by atoms with Gasteiger partial charge in [0, 0.05) is 13.1 Å². The number of hydrogen-bond donors (Lipinski definition) is 1. The topological polar surface area (TPSA) is 62.7 Å². The Hall–Kier alpha value is -1.14. The Morgan fingerprint density at radius 2 is 2.00 bits per heavy atom. The number of anilines is 1. The smallest absolute Gasteiger partial charge is 0.347 e. The number of aromatic nitrogens is 1. The maximum atomic E-state index is 11.3. The maximum absolute atomic E-state index is 11.3. The third kappa shape index (κ3) is 3.06. The van der Waals surface area contributed by atoms with Crippen LogP contribution in [-0.4, -0.2) is 41.4 Å². The Morgan fingerprint density at radius 3 is 2.42 bits per heavy atom. The van der Waals surface area contributed by atoms with Crippen LogP contribution in [0.3, 0.4) is 0 Å². The van der Waals surface area contributed by atoms with E-state index in [1.165, 1.54) is 11.3 Å². The van der Waals surface area contributed by atoms with Crippen molar-refractivity contribution in [2.45, 2.75) is 45.8 Å². The van der Waals surface area contributed by atoms with E-state index in [4.69, 9.17) is 4.74 Å². The van der Waals surface area contributed by atoms with Gasteiger partial charge in [-0.3, -0.25) is 0 Å². The molecule has 2 unspecified atom stereocenters. The summed E-state index contributed by atoms with van der Waals surface area (Å²) in [6.45, 7) is 9.50. The van der Waals surface area contributed by atoms with Gasteiger partial charge >= 0.3 is 5.97 Å². The molecule has 0 aromatic carbocycles. The van der Waals surface area contributed by atoms with Crippen molar-refractivity contribution in [2.24, 2.45) is 0 Å². The van der Waals surface area contributed by atoms with Gasteiger partial charge in [0.05, 0.1) is 17.9 Å². The van der Waals surface area contributed by atoms with Gasteiger partial charge in [0.25, 0.3) is 0 Å². The second kappa shape index (κ2) is 5.46. The van der Waals surface area contributed by atoms with Crippen LogP contribution in [0.15, 0.2) is 0 Å². The molecule has 2 rings (SSSR count). The Kier molecular flexibility index (Phi) is 4.10. The third-order valence-corrected chi connectivity index (χ3v) is 4.19. The number of nitrogens with zero attached hydrogens (tertiary/aromatic N) is 2. The van der Waals surface area contributed by atoms with Crippen LogP contribution in [0.2, 0.25) is 0 Å². The third-order valence-electron chi connectivity index (χ3n) is 3.07. The molecular weight excluding hydrogens is 264 g/mol. The van der Waals surface area contributed by atoms with E-state index in [0.29, 0.717) is 10.6 Å². The molecule has 2 heterocycles. The normalized spacial score (nSPS) is 23.9.